The highest BCUT2D eigenvalue weighted by Crippen LogP contribution is 2.29. The van der Waals surface area contributed by atoms with Crippen LogP contribution in [0.4, 0.5) is 0 Å². The Hall–Kier alpha value is -0.230. The van der Waals surface area contributed by atoms with E-state index in [-0.39, 0.29) is 29.8 Å². The van der Waals surface area contributed by atoms with Gasteiger partial charge in [0.15, 0.2) is 0 Å². The van der Waals surface area contributed by atoms with Crippen molar-refractivity contribution in [2.24, 2.45) is 11.1 Å². The van der Waals surface area contributed by atoms with E-state index in [9.17, 15) is 4.79 Å². The van der Waals surface area contributed by atoms with Crippen LogP contribution in [0.3, 0.4) is 0 Å². The third-order valence-corrected chi connectivity index (χ3v) is 5.81. The number of rotatable bonds is 3. The lowest BCUT2D eigenvalue weighted by Crippen LogP contribution is -2.54. The highest BCUT2D eigenvalue weighted by molar-refractivity contribution is 9.10. The van der Waals surface area contributed by atoms with Crippen molar-refractivity contribution in [3.63, 3.8) is 0 Å². The summed E-state index contributed by atoms with van der Waals surface area (Å²) < 4.78 is 1.07. The molecule has 2 N–H and O–H groups in total. The average molecular weight is 408 g/mol. The molecule has 0 spiro atoms. The minimum absolute atomic E-state index is 0. The molecule has 2 rings (SSSR count). The minimum Gasteiger partial charge on any atom is -0.341 e. The number of hydrogen-bond acceptors (Lipinski definition) is 3. The molecule has 6 heteroatoms. The molecule has 1 aromatic rings. The van der Waals surface area contributed by atoms with E-state index < -0.39 is 0 Å². The smallest absolute Gasteiger partial charge is 0.232 e. The number of hydrogen-bond donors (Lipinski definition) is 1. The normalized spacial score (nSPS) is 20.4. The standard InChI is InChI=1S/C16H23BrN2OS.ClH/c1-11-8-12(17)4-5-13(11)21-9-15(20)19-7-6-14(18)16(2,3)10-19;/h4-5,8,14H,6-7,9-10,18H2,1-3H3;1H. The quantitative estimate of drug-likeness (QED) is 0.774. The Morgan fingerprint density at radius 3 is 2.77 bits per heavy atom. The first-order valence-electron chi connectivity index (χ1n) is 7.22. The van der Waals surface area contributed by atoms with Crippen molar-refractivity contribution in [3.05, 3.63) is 28.2 Å². The molecule has 1 aliphatic heterocycles. The Morgan fingerprint density at radius 1 is 1.50 bits per heavy atom. The second-order valence-corrected chi connectivity index (χ2v) is 8.33. The molecular weight excluding hydrogens is 384 g/mol. The van der Waals surface area contributed by atoms with Gasteiger partial charge < -0.3 is 10.6 Å². The highest BCUT2D eigenvalue weighted by atomic mass is 79.9. The maximum Gasteiger partial charge on any atom is 0.232 e. The molecule has 22 heavy (non-hydrogen) atoms. The number of carbonyl (C=O) groups excluding carboxylic acids is 1. The van der Waals surface area contributed by atoms with Crippen LogP contribution in [-0.4, -0.2) is 35.7 Å². The summed E-state index contributed by atoms with van der Waals surface area (Å²) in [6.45, 7) is 7.89. The van der Waals surface area contributed by atoms with Gasteiger partial charge in [0.1, 0.15) is 0 Å². The van der Waals surface area contributed by atoms with Gasteiger partial charge in [-0.25, -0.2) is 0 Å². The first-order valence-corrected chi connectivity index (χ1v) is 9.00. The number of benzene rings is 1. The molecule has 0 radical (unpaired) electrons. The summed E-state index contributed by atoms with van der Waals surface area (Å²) in [5.41, 5.74) is 7.33. The number of amides is 1. The Morgan fingerprint density at radius 2 is 2.18 bits per heavy atom. The molecule has 1 aromatic carbocycles. The van der Waals surface area contributed by atoms with Crippen LogP contribution in [0.2, 0.25) is 0 Å². The second-order valence-electron chi connectivity index (χ2n) is 6.40. The van der Waals surface area contributed by atoms with Crippen LogP contribution in [0.1, 0.15) is 25.8 Å². The molecule has 1 unspecified atom stereocenters. The molecule has 124 valence electrons. The summed E-state index contributed by atoms with van der Waals surface area (Å²) in [5.74, 6) is 0.704. The second kappa shape index (κ2) is 8.04. The van der Waals surface area contributed by atoms with Crippen LogP contribution in [0.15, 0.2) is 27.6 Å². The van der Waals surface area contributed by atoms with Crippen LogP contribution in [0.5, 0.6) is 0 Å². The zero-order valence-electron chi connectivity index (χ0n) is 13.3. The van der Waals surface area contributed by atoms with Crippen molar-refractivity contribution in [2.45, 2.75) is 38.1 Å². The van der Waals surface area contributed by atoms with Crippen LogP contribution in [-0.2, 0) is 4.79 Å². The number of carbonyl (C=O) groups is 1. The Labute approximate surface area is 151 Å². The average Bonchev–Trinajstić information content (AvgIpc) is 2.40. The minimum atomic E-state index is 0. The number of nitrogens with two attached hydrogens (primary N) is 1. The maximum absolute atomic E-state index is 12.4. The molecule has 1 saturated heterocycles. The monoisotopic (exact) mass is 406 g/mol. The van der Waals surface area contributed by atoms with Gasteiger partial charge in [-0.15, -0.1) is 24.2 Å². The fourth-order valence-electron chi connectivity index (χ4n) is 2.59. The zero-order valence-corrected chi connectivity index (χ0v) is 16.5. The van der Waals surface area contributed by atoms with Gasteiger partial charge in [-0.3, -0.25) is 4.79 Å². The molecule has 0 aromatic heterocycles. The van der Waals surface area contributed by atoms with E-state index in [1.807, 2.05) is 11.0 Å². The lowest BCUT2D eigenvalue weighted by atomic mass is 9.80. The number of likely N-dealkylation sites (tertiary alicyclic amines) is 1. The largest absolute Gasteiger partial charge is 0.341 e. The van der Waals surface area contributed by atoms with Crippen LogP contribution in [0.25, 0.3) is 0 Å². The van der Waals surface area contributed by atoms with Gasteiger partial charge in [0.05, 0.1) is 5.75 Å². The van der Waals surface area contributed by atoms with E-state index in [1.54, 1.807) is 11.8 Å². The SMILES string of the molecule is Cc1cc(Br)ccc1SCC(=O)N1CCC(N)C(C)(C)C1.Cl. The molecule has 1 aliphatic rings. The molecular formula is C16H24BrClN2OS. The van der Waals surface area contributed by atoms with E-state index in [0.717, 1.165) is 24.0 Å². The lowest BCUT2D eigenvalue weighted by molar-refractivity contribution is -0.131. The molecule has 3 nitrogen and oxygen atoms in total. The molecule has 0 saturated carbocycles. The first kappa shape index (κ1) is 19.8. The lowest BCUT2D eigenvalue weighted by Gasteiger charge is -2.42. The number of nitrogens with zero attached hydrogens (tertiary/aromatic N) is 1. The van der Waals surface area contributed by atoms with Crippen molar-refractivity contribution < 1.29 is 4.79 Å². The molecule has 0 bridgehead atoms. The Bertz CT molecular complexity index is 539. The van der Waals surface area contributed by atoms with Crippen LogP contribution < -0.4 is 5.73 Å². The number of halogens is 2. The summed E-state index contributed by atoms with van der Waals surface area (Å²) >= 11 is 5.08. The van der Waals surface area contributed by atoms with Crippen molar-refractivity contribution >= 4 is 46.0 Å². The van der Waals surface area contributed by atoms with E-state index >= 15 is 0 Å². The van der Waals surface area contributed by atoms with E-state index in [0.29, 0.717) is 5.75 Å². The molecule has 1 atom stereocenters. The van der Waals surface area contributed by atoms with Gasteiger partial charge in [-0.05, 0) is 42.5 Å². The fraction of sp³-hybridized carbons (Fsp3) is 0.562. The van der Waals surface area contributed by atoms with Crippen molar-refractivity contribution in [2.75, 3.05) is 18.8 Å². The first-order chi connectivity index (χ1) is 9.79. The number of piperidine rings is 1. The third-order valence-electron chi connectivity index (χ3n) is 4.15. The van der Waals surface area contributed by atoms with Gasteiger partial charge >= 0.3 is 0 Å². The van der Waals surface area contributed by atoms with E-state index in [2.05, 4.69) is 48.8 Å². The summed E-state index contributed by atoms with van der Waals surface area (Å²) in [5, 5.41) is 0. The molecule has 0 aliphatic carbocycles. The van der Waals surface area contributed by atoms with Gasteiger partial charge in [-0.2, -0.15) is 0 Å². The van der Waals surface area contributed by atoms with Gasteiger partial charge in [-0.1, -0.05) is 29.8 Å². The van der Waals surface area contributed by atoms with E-state index in [1.165, 1.54) is 10.5 Å². The van der Waals surface area contributed by atoms with Gasteiger partial charge in [0.25, 0.3) is 0 Å². The summed E-state index contributed by atoms with van der Waals surface area (Å²) in [4.78, 5) is 15.5. The van der Waals surface area contributed by atoms with Crippen molar-refractivity contribution in [3.8, 4) is 0 Å². The van der Waals surface area contributed by atoms with Crippen molar-refractivity contribution in [1.82, 2.24) is 4.90 Å². The van der Waals surface area contributed by atoms with Gasteiger partial charge in [0.2, 0.25) is 5.91 Å². The third kappa shape index (κ3) is 4.88. The predicted molar refractivity (Wildman–Crippen MR) is 99.8 cm³/mol. The topological polar surface area (TPSA) is 46.3 Å². The fourth-order valence-corrected chi connectivity index (χ4v) is 3.98. The Balaban J connectivity index is 0.00000242. The van der Waals surface area contributed by atoms with Crippen molar-refractivity contribution in [1.29, 1.82) is 0 Å². The summed E-state index contributed by atoms with van der Waals surface area (Å²) in [6.07, 6.45) is 0.890. The molecule has 1 fully saturated rings. The van der Waals surface area contributed by atoms with E-state index in [4.69, 9.17) is 5.73 Å². The van der Waals surface area contributed by atoms with Crippen LogP contribution in [0, 0.1) is 12.3 Å². The van der Waals surface area contributed by atoms with Gasteiger partial charge in [0, 0.05) is 28.5 Å². The zero-order chi connectivity index (χ0) is 15.6. The number of aryl methyl sites for hydroxylation is 1. The molecule has 1 amide bonds. The maximum atomic E-state index is 12.4. The summed E-state index contributed by atoms with van der Waals surface area (Å²) in [6, 6.07) is 6.34. The van der Waals surface area contributed by atoms with Crippen LogP contribution >= 0.6 is 40.1 Å². The Kier molecular flexibility index (Phi) is 7.24. The predicted octanol–water partition coefficient (Wildman–Crippen LogP) is 3.86. The summed E-state index contributed by atoms with van der Waals surface area (Å²) in [7, 11) is 0. The highest BCUT2D eigenvalue weighted by Gasteiger charge is 2.35. The molecule has 1 heterocycles. The number of thioether (sulfide) groups is 1.